The van der Waals surface area contributed by atoms with Gasteiger partial charge in [-0.15, -0.1) is 0 Å². The standard InChI is InChI=1S/C12H13F4N/c1-17-11(7-5-6-7)8-3-2-4-9(10(8)13)12(14,15)16/h2-4,7,11,17H,5-6H2,1H3. The molecule has 17 heavy (non-hydrogen) atoms. The van der Waals surface area contributed by atoms with Crippen molar-refractivity contribution in [2.75, 3.05) is 7.05 Å². The summed E-state index contributed by atoms with van der Waals surface area (Å²) in [5.74, 6) is -0.899. The smallest absolute Gasteiger partial charge is 0.313 e. The second-order valence-corrected chi connectivity index (χ2v) is 4.31. The summed E-state index contributed by atoms with van der Waals surface area (Å²) in [6.07, 6.45) is -2.77. The molecule has 0 aliphatic heterocycles. The van der Waals surface area contributed by atoms with Crippen LogP contribution in [0.4, 0.5) is 17.6 Å². The minimum atomic E-state index is -4.64. The first kappa shape index (κ1) is 12.4. The van der Waals surface area contributed by atoms with Crippen LogP contribution in [-0.2, 0) is 6.18 Å². The van der Waals surface area contributed by atoms with Gasteiger partial charge in [0.25, 0.3) is 0 Å². The lowest BCUT2D eigenvalue weighted by molar-refractivity contribution is -0.140. The van der Waals surface area contributed by atoms with E-state index in [4.69, 9.17) is 0 Å². The predicted octanol–water partition coefficient (Wildman–Crippen LogP) is 3.52. The van der Waals surface area contributed by atoms with Crippen molar-refractivity contribution >= 4 is 0 Å². The minimum absolute atomic E-state index is 0.116. The first-order valence-electron chi connectivity index (χ1n) is 5.48. The number of benzene rings is 1. The molecular formula is C12H13F4N. The van der Waals surface area contributed by atoms with Gasteiger partial charge in [0.1, 0.15) is 5.82 Å². The molecule has 0 spiro atoms. The van der Waals surface area contributed by atoms with E-state index in [9.17, 15) is 17.6 Å². The van der Waals surface area contributed by atoms with Crippen LogP contribution in [0.25, 0.3) is 0 Å². The second-order valence-electron chi connectivity index (χ2n) is 4.31. The average Bonchev–Trinajstić information content (AvgIpc) is 3.04. The maximum atomic E-state index is 13.8. The molecule has 1 nitrogen and oxygen atoms in total. The van der Waals surface area contributed by atoms with Crippen LogP contribution in [0.2, 0.25) is 0 Å². The van der Waals surface area contributed by atoms with Gasteiger partial charge < -0.3 is 5.32 Å². The normalized spacial score (nSPS) is 18.2. The lowest BCUT2D eigenvalue weighted by atomic mass is 9.99. The molecule has 1 aliphatic rings. The quantitative estimate of drug-likeness (QED) is 0.806. The van der Waals surface area contributed by atoms with Crippen molar-refractivity contribution in [2.45, 2.75) is 25.1 Å². The third kappa shape index (κ3) is 2.44. The van der Waals surface area contributed by atoms with Gasteiger partial charge >= 0.3 is 6.18 Å². The van der Waals surface area contributed by atoms with Gasteiger partial charge in [-0.05, 0) is 31.9 Å². The highest BCUT2D eigenvalue weighted by Gasteiger charge is 2.38. The van der Waals surface area contributed by atoms with Crippen molar-refractivity contribution in [1.82, 2.24) is 5.32 Å². The highest BCUT2D eigenvalue weighted by Crippen LogP contribution is 2.43. The molecule has 1 aromatic rings. The SMILES string of the molecule is CNC(c1cccc(C(F)(F)F)c1F)C1CC1. The molecule has 0 saturated heterocycles. The number of halogens is 4. The van der Waals surface area contributed by atoms with Crippen LogP contribution in [-0.4, -0.2) is 7.05 Å². The van der Waals surface area contributed by atoms with Crippen LogP contribution >= 0.6 is 0 Å². The molecule has 1 saturated carbocycles. The van der Waals surface area contributed by atoms with Gasteiger partial charge in [0.05, 0.1) is 5.56 Å². The van der Waals surface area contributed by atoms with Crippen molar-refractivity contribution in [1.29, 1.82) is 0 Å². The van der Waals surface area contributed by atoms with E-state index in [1.807, 2.05) is 0 Å². The van der Waals surface area contributed by atoms with Gasteiger partial charge in [-0.2, -0.15) is 13.2 Å². The highest BCUT2D eigenvalue weighted by atomic mass is 19.4. The Hall–Kier alpha value is -1.10. The molecule has 1 aliphatic carbocycles. The molecular weight excluding hydrogens is 234 g/mol. The second kappa shape index (κ2) is 4.29. The van der Waals surface area contributed by atoms with E-state index < -0.39 is 17.6 Å². The predicted molar refractivity (Wildman–Crippen MR) is 55.9 cm³/mol. The van der Waals surface area contributed by atoms with Crippen LogP contribution in [0.1, 0.15) is 30.0 Å². The Kier molecular flexibility index (Phi) is 3.12. The molecule has 2 rings (SSSR count). The van der Waals surface area contributed by atoms with Gasteiger partial charge in [0.15, 0.2) is 0 Å². The molecule has 1 N–H and O–H groups in total. The molecule has 0 amide bonds. The molecule has 94 valence electrons. The summed E-state index contributed by atoms with van der Waals surface area (Å²) in [5, 5.41) is 2.89. The van der Waals surface area contributed by atoms with Crippen LogP contribution in [0.3, 0.4) is 0 Å². The zero-order valence-electron chi connectivity index (χ0n) is 9.31. The van der Waals surface area contributed by atoms with E-state index >= 15 is 0 Å². The minimum Gasteiger partial charge on any atom is -0.313 e. The van der Waals surface area contributed by atoms with Crippen LogP contribution in [0, 0.1) is 11.7 Å². The summed E-state index contributed by atoms with van der Waals surface area (Å²) in [4.78, 5) is 0. The number of nitrogens with one attached hydrogen (secondary N) is 1. The topological polar surface area (TPSA) is 12.0 Å². The van der Waals surface area contributed by atoms with Crippen molar-refractivity contribution in [3.05, 3.63) is 35.1 Å². The molecule has 5 heteroatoms. The lowest BCUT2D eigenvalue weighted by Crippen LogP contribution is -2.21. The van der Waals surface area contributed by atoms with E-state index in [0.29, 0.717) is 0 Å². The monoisotopic (exact) mass is 247 g/mol. The maximum absolute atomic E-state index is 13.8. The summed E-state index contributed by atoms with van der Waals surface area (Å²) >= 11 is 0. The Morgan fingerprint density at radius 1 is 1.29 bits per heavy atom. The van der Waals surface area contributed by atoms with E-state index in [1.165, 1.54) is 12.1 Å². The van der Waals surface area contributed by atoms with Crippen molar-refractivity contribution < 1.29 is 17.6 Å². The molecule has 0 heterocycles. The molecule has 0 aromatic heterocycles. The van der Waals surface area contributed by atoms with Crippen LogP contribution in [0.5, 0.6) is 0 Å². The molecule has 0 radical (unpaired) electrons. The number of hydrogen-bond donors (Lipinski definition) is 1. The largest absolute Gasteiger partial charge is 0.419 e. The number of hydrogen-bond acceptors (Lipinski definition) is 1. The lowest BCUT2D eigenvalue weighted by Gasteiger charge is -2.19. The molecule has 1 unspecified atom stereocenters. The van der Waals surface area contributed by atoms with E-state index in [1.54, 1.807) is 7.05 Å². The molecule has 1 atom stereocenters. The van der Waals surface area contributed by atoms with Gasteiger partial charge in [0, 0.05) is 11.6 Å². The fraction of sp³-hybridized carbons (Fsp3) is 0.500. The first-order chi connectivity index (χ1) is 7.95. The fourth-order valence-corrected chi connectivity index (χ4v) is 2.08. The molecule has 0 bridgehead atoms. The number of rotatable bonds is 3. The van der Waals surface area contributed by atoms with Crippen LogP contribution in [0.15, 0.2) is 18.2 Å². The van der Waals surface area contributed by atoms with E-state index in [0.717, 1.165) is 18.9 Å². The Balaban J connectivity index is 2.41. The van der Waals surface area contributed by atoms with E-state index in [-0.39, 0.29) is 17.5 Å². The zero-order valence-corrected chi connectivity index (χ0v) is 9.31. The van der Waals surface area contributed by atoms with Gasteiger partial charge in [-0.3, -0.25) is 0 Å². The Morgan fingerprint density at radius 3 is 2.41 bits per heavy atom. The van der Waals surface area contributed by atoms with Crippen molar-refractivity contribution in [3.8, 4) is 0 Å². The first-order valence-corrected chi connectivity index (χ1v) is 5.48. The molecule has 1 aromatic carbocycles. The van der Waals surface area contributed by atoms with Crippen molar-refractivity contribution in [2.24, 2.45) is 5.92 Å². The Labute approximate surface area is 96.8 Å². The summed E-state index contributed by atoms with van der Waals surface area (Å²) in [7, 11) is 1.64. The fourth-order valence-electron chi connectivity index (χ4n) is 2.08. The maximum Gasteiger partial charge on any atom is 0.419 e. The zero-order chi connectivity index (χ0) is 12.6. The third-order valence-corrected chi connectivity index (χ3v) is 3.07. The Morgan fingerprint density at radius 2 is 1.94 bits per heavy atom. The third-order valence-electron chi connectivity index (χ3n) is 3.07. The Bertz CT molecular complexity index is 409. The number of alkyl halides is 3. The highest BCUT2D eigenvalue weighted by molar-refractivity contribution is 5.31. The summed E-state index contributed by atoms with van der Waals surface area (Å²) in [6.45, 7) is 0. The van der Waals surface area contributed by atoms with E-state index in [2.05, 4.69) is 5.32 Å². The summed E-state index contributed by atoms with van der Waals surface area (Å²) in [5.41, 5.74) is -1.07. The molecule has 1 fully saturated rings. The summed E-state index contributed by atoms with van der Waals surface area (Å²) in [6, 6.07) is 3.13. The van der Waals surface area contributed by atoms with Gasteiger partial charge in [-0.1, -0.05) is 12.1 Å². The van der Waals surface area contributed by atoms with Crippen LogP contribution < -0.4 is 5.32 Å². The van der Waals surface area contributed by atoms with Crippen molar-refractivity contribution in [3.63, 3.8) is 0 Å². The summed E-state index contributed by atoms with van der Waals surface area (Å²) < 4.78 is 51.5. The van der Waals surface area contributed by atoms with Gasteiger partial charge in [-0.25, -0.2) is 4.39 Å². The van der Waals surface area contributed by atoms with Gasteiger partial charge in [0.2, 0.25) is 0 Å². The average molecular weight is 247 g/mol.